The molecule has 0 radical (unpaired) electrons. The Morgan fingerprint density at radius 2 is 1.72 bits per heavy atom. The second-order valence-corrected chi connectivity index (χ2v) is 9.15. The number of carbonyl (C=O) groups excluding carboxylic acids is 1. The van der Waals surface area contributed by atoms with Gasteiger partial charge in [-0.15, -0.1) is 0 Å². The normalized spacial score (nSPS) is 16.8. The molecule has 0 aromatic heterocycles. The molecule has 0 bridgehead atoms. The van der Waals surface area contributed by atoms with Crippen molar-refractivity contribution in [3.05, 3.63) is 65.2 Å². The topological polar surface area (TPSA) is 66.5 Å². The average molecular weight is 422 g/mol. The summed E-state index contributed by atoms with van der Waals surface area (Å²) < 4.78 is 54.4. The van der Waals surface area contributed by atoms with Crippen LogP contribution in [-0.2, 0) is 10.0 Å². The highest BCUT2D eigenvalue weighted by Crippen LogP contribution is 2.22. The summed E-state index contributed by atoms with van der Waals surface area (Å²) in [4.78, 5) is 12.7. The highest BCUT2D eigenvalue weighted by molar-refractivity contribution is 7.89. The lowest BCUT2D eigenvalue weighted by molar-refractivity contribution is 0.0939. The molecule has 1 unspecified atom stereocenters. The molecule has 0 aliphatic carbocycles. The van der Waals surface area contributed by atoms with Gasteiger partial charge in [-0.2, -0.15) is 4.31 Å². The molecule has 8 heteroatoms. The molecule has 1 amide bonds. The predicted octanol–water partition coefficient (Wildman–Crippen LogP) is 4.02. The van der Waals surface area contributed by atoms with Gasteiger partial charge in [0.05, 0.1) is 10.9 Å². The van der Waals surface area contributed by atoms with Gasteiger partial charge in [-0.05, 0) is 44.0 Å². The van der Waals surface area contributed by atoms with E-state index in [9.17, 15) is 22.0 Å². The van der Waals surface area contributed by atoms with Crippen LogP contribution >= 0.6 is 0 Å². The smallest absolute Gasteiger partial charge is 0.251 e. The van der Waals surface area contributed by atoms with E-state index in [0.717, 1.165) is 37.8 Å². The lowest BCUT2D eigenvalue weighted by atomic mass is 10.1. The predicted molar refractivity (Wildman–Crippen MR) is 106 cm³/mol. The molecule has 1 aliphatic heterocycles. The van der Waals surface area contributed by atoms with Gasteiger partial charge in [-0.1, -0.05) is 25.0 Å². The second kappa shape index (κ2) is 9.00. The fraction of sp³-hybridized carbons (Fsp3) is 0.381. The van der Waals surface area contributed by atoms with Crippen molar-refractivity contribution in [1.82, 2.24) is 9.62 Å². The number of benzene rings is 2. The van der Waals surface area contributed by atoms with E-state index in [4.69, 9.17) is 0 Å². The van der Waals surface area contributed by atoms with Crippen LogP contribution < -0.4 is 5.32 Å². The van der Waals surface area contributed by atoms with Gasteiger partial charge in [0.25, 0.3) is 5.91 Å². The SMILES string of the molecule is CC(NC(=O)c1cccc(S(=O)(=O)N2CCCCCC2)c1)c1ccc(F)cc1F. The van der Waals surface area contributed by atoms with Gasteiger partial charge in [0.1, 0.15) is 11.6 Å². The minimum Gasteiger partial charge on any atom is -0.345 e. The number of sulfonamides is 1. The number of rotatable bonds is 5. The zero-order chi connectivity index (χ0) is 21.0. The Balaban J connectivity index is 1.78. The van der Waals surface area contributed by atoms with Gasteiger partial charge < -0.3 is 5.32 Å². The summed E-state index contributed by atoms with van der Waals surface area (Å²) in [5.74, 6) is -1.99. The minimum absolute atomic E-state index is 0.0627. The molecule has 1 saturated heterocycles. The van der Waals surface area contributed by atoms with Crippen LogP contribution in [0.2, 0.25) is 0 Å². The number of nitrogens with zero attached hydrogens (tertiary/aromatic N) is 1. The Morgan fingerprint density at radius 3 is 2.38 bits per heavy atom. The van der Waals surface area contributed by atoms with E-state index < -0.39 is 33.6 Å². The summed E-state index contributed by atoms with van der Waals surface area (Å²) in [6.45, 7) is 2.52. The van der Waals surface area contributed by atoms with E-state index in [0.29, 0.717) is 13.1 Å². The molecule has 2 aromatic rings. The quantitative estimate of drug-likeness (QED) is 0.792. The monoisotopic (exact) mass is 422 g/mol. The molecule has 0 saturated carbocycles. The molecule has 156 valence electrons. The third-order valence-corrected chi connectivity index (χ3v) is 6.97. The number of amides is 1. The Labute approximate surface area is 169 Å². The van der Waals surface area contributed by atoms with Crippen LogP contribution in [0, 0.1) is 11.6 Å². The largest absolute Gasteiger partial charge is 0.345 e. The number of halogens is 2. The molecule has 29 heavy (non-hydrogen) atoms. The number of carbonyl (C=O) groups is 1. The standard InChI is InChI=1S/C21H24F2N2O3S/c1-15(19-10-9-17(22)14-20(19)23)24-21(26)16-7-6-8-18(13-16)29(27,28)25-11-4-2-3-5-12-25/h6-10,13-15H,2-5,11-12H2,1H3,(H,24,26). The third kappa shape index (κ3) is 5.00. The van der Waals surface area contributed by atoms with Crippen molar-refractivity contribution in [3.8, 4) is 0 Å². The Hall–Kier alpha value is -2.32. The van der Waals surface area contributed by atoms with Crippen molar-refractivity contribution in [2.24, 2.45) is 0 Å². The van der Waals surface area contributed by atoms with Crippen molar-refractivity contribution in [3.63, 3.8) is 0 Å². The Kier molecular flexibility index (Phi) is 6.64. The van der Waals surface area contributed by atoms with Gasteiger partial charge in [-0.25, -0.2) is 17.2 Å². The lowest BCUT2D eigenvalue weighted by Gasteiger charge is -2.20. The molecule has 1 N–H and O–H groups in total. The fourth-order valence-corrected chi connectivity index (χ4v) is 5.00. The maximum absolute atomic E-state index is 13.9. The summed E-state index contributed by atoms with van der Waals surface area (Å²) >= 11 is 0. The fourth-order valence-electron chi connectivity index (χ4n) is 3.44. The van der Waals surface area contributed by atoms with Crippen LogP contribution in [0.25, 0.3) is 0 Å². The van der Waals surface area contributed by atoms with Gasteiger partial charge >= 0.3 is 0 Å². The minimum atomic E-state index is -3.68. The Morgan fingerprint density at radius 1 is 1.03 bits per heavy atom. The maximum Gasteiger partial charge on any atom is 0.251 e. The Bertz CT molecular complexity index is 987. The van der Waals surface area contributed by atoms with Crippen LogP contribution in [0.1, 0.15) is 54.6 Å². The van der Waals surface area contributed by atoms with E-state index in [1.807, 2.05) is 0 Å². The van der Waals surface area contributed by atoms with Crippen LogP contribution in [-0.4, -0.2) is 31.7 Å². The third-order valence-electron chi connectivity index (χ3n) is 5.08. The van der Waals surface area contributed by atoms with Gasteiger partial charge in [0.15, 0.2) is 0 Å². The molecule has 1 heterocycles. The van der Waals surface area contributed by atoms with Crippen LogP contribution in [0.3, 0.4) is 0 Å². The lowest BCUT2D eigenvalue weighted by Crippen LogP contribution is -2.32. The molecule has 1 fully saturated rings. The van der Waals surface area contributed by atoms with Gasteiger partial charge in [0.2, 0.25) is 10.0 Å². The first-order valence-electron chi connectivity index (χ1n) is 9.65. The number of hydrogen-bond acceptors (Lipinski definition) is 3. The van der Waals surface area contributed by atoms with E-state index >= 15 is 0 Å². The van der Waals surface area contributed by atoms with Gasteiger partial charge in [-0.3, -0.25) is 4.79 Å². The van der Waals surface area contributed by atoms with E-state index in [1.54, 1.807) is 6.92 Å². The zero-order valence-corrected chi connectivity index (χ0v) is 17.0. The van der Waals surface area contributed by atoms with Crippen LogP contribution in [0.15, 0.2) is 47.4 Å². The van der Waals surface area contributed by atoms with Crippen LogP contribution in [0.5, 0.6) is 0 Å². The van der Waals surface area contributed by atoms with Crippen molar-refractivity contribution >= 4 is 15.9 Å². The molecular weight excluding hydrogens is 398 g/mol. The summed E-state index contributed by atoms with van der Waals surface area (Å²) in [5, 5.41) is 2.63. The molecular formula is C21H24F2N2O3S. The maximum atomic E-state index is 13.9. The van der Waals surface area contributed by atoms with E-state index in [-0.39, 0.29) is 16.0 Å². The molecule has 0 spiro atoms. The van der Waals surface area contributed by atoms with Crippen molar-refractivity contribution in [1.29, 1.82) is 0 Å². The first-order valence-corrected chi connectivity index (χ1v) is 11.1. The summed E-state index contributed by atoms with van der Waals surface area (Å²) in [6.07, 6.45) is 3.65. The van der Waals surface area contributed by atoms with Crippen molar-refractivity contribution in [2.45, 2.75) is 43.5 Å². The summed E-state index contributed by atoms with van der Waals surface area (Å²) in [6, 6.07) is 8.27. The first-order chi connectivity index (χ1) is 13.8. The van der Waals surface area contributed by atoms with E-state index in [1.165, 1.54) is 34.6 Å². The van der Waals surface area contributed by atoms with Crippen LogP contribution in [0.4, 0.5) is 8.78 Å². The highest BCUT2D eigenvalue weighted by atomic mass is 32.2. The zero-order valence-electron chi connectivity index (χ0n) is 16.2. The molecule has 2 aromatic carbocycles. The summed E-state index contributed by atoms with van der Waals surface area (Å²) in [7, 11) is -3.68. The van der Waals surface area contributed by atoms with Crippen molar-refractivity contribution < 1.29 is 22.0 Å². The summed E-state index contributed by atoms with van der Waals surface area (Å²) in [5.41, 5.74) is 0.309. The second-order valence-electron chi connectivity index (χ2n) is 7.21. The highest BCUT2D eigenvalue weighted by Gasteiger charge is 2.26. The van der Waals surface area contributed by atoms with Crippen molar-refractivity contribution in [2.75, 3.05) is 13.1 Å². The molecule has 5 nitrogen and oxygen atoms in total. The molecule has 1 aliphatic rings. The first kappa shape index (κ1) is 21.4. The molecule has 1 atom stereocenters. The number of nitrogens with one attached hydrogen (secondary N) is 1. The molecule has 3 rings (SSSR count). The van der Waals surface area contributed by atoms with E-state index in [2.05, 4.69) is 5.32 Å². The van der Waals surface area contributed by atoms with Gasteiger partial charge in [0, 0.05) is 30.3 Å². The number of hydrogen-bond donors (Lipinski definition) is 1. The average Bonchev–Trinajstić information content (AvgIpc) is 2.98.